The Morgan fingerprint density at radius 2 is 1.72 bits per heavy atom. The topological polar surface area (TPSA) is 164 Å². The number of nitrogens with two attached hydrogens (primary N) is 1. The minimum atomic E-state index is -4.80. The van der Waals surface area contributed by atoms with Crippen LogP contribution in [0.25, 0.3) is 16.5 Å². The average Bonchev–Trinajstić information content (AvgIpc) is 3.71. The highest BCUT2D eigenvalue weighted by Crippen LogP contribution is 2.44. The first-order valence-electron chi connectivity index (χ1n) is 20.9. The molecule has 0 saturated carbocycles. The van der Waals surface area contributed by atoms with Gasteiger partial charge in [0, 0.05) is 79.7 Å². The van der Waals surface area contributed by atoms with Crippen LogP contribution in [-0.4, -0.2) is 109 Å². The van der Waals surface area contributed by atoms with E-state index in [4.69, 9.17) is 26.8 Å². The number of aromatic amines is 1. The summed E-state index contributed by atoms with van der Waals surface area (Å²) in [6, 6.07) is 18.7. The molecular formula is C46H53ClN6O7S. The number of halogens is 1. The van der Waals surface area contributed by atoms with Crippen molar-refractivity contribution >= 4 is 49.5 Å². The molecule has 2 saturated heterocycles. The molecule has 0 radical (unpaired) electrons. The number of likely N-dealkylation sites (tertiary alicyclic amines) is 1. The van der Waals surface area contributed by atoms with Crippen molar-refractivity contribution in [2.24, 2.45) is 11.1 Å². The maximum atomic E-state index is 15.0. The van der Waals surface area contributed by atoms with Gasteiger partial charge in [-0.05, 0) is 122 Å². The lowest BCUT2D eigenvalue weighted by atomic mass is 9.72. The fourth-order valence-electron chi connectivity index (χ4n) is 9.10. The third kappa shape index (κ3) is 8.68. The number of H-pyrrole nitrogens is 1. The van der Waals surface area contributed by atoms with Gasteiger partial charge in [0.15, 0.2) is 11.9 Å². The predicted molar refractivity (Wildman–Crippen MR) is 237 cm³/mol. The molecule has 322 valence electrons. The number of carbonyl (C=O) groups is 1. The van der Waals surface area contributed by atoms with E-state index in [0.29, 0.717) is 37.4 Å². The van der Waals surface area contributed by atoms with E-state index in [-0.39, 0.29) is 17.3 Å². The van der Waals surface area contributed by atoms with E-state index in [0.717, 1.165) is 74.0 Å². The van der Waals surface area contributed by atoms with Crippen molar-refractivity contribution in [1.29, 1.82) is 0 Å². The third-order valence-corrected chi connectivity index (χ3v) is 15.4. The van der Waals surface area contributed by atoms with Crippen LogP contribution in [0.3, 0.4) is 0 Å². The van der Waals surface area contributed by atoms with E-state index >= 15 is 0 Å². The van der Waals surface area contributed by atoms with Crippen LogP contribution in [0, 0.1) is 15.5 Å². The molecule has 1 aromatic heterocycles. The summed E-state index contributed by atoms with van der Waals surface area (Å²) in [4.78, 5) is 35.0. The fourth-order valence-corrected chi connectivity index (χ4v) is 11.1. The van der Waals surface area contributed by atoms with Gasteiger partial charge in [-0.3, -0.25) is 19.8 Å². The number of amides is 1. The largest absolute Gasteiger partial charge is 0.484 e. The average molecular weight is 869 g/mol. The highest BCUT2D eigenvalue weighted by molar-refractivity contribution is 7.94. The molecule has 13 nitrogen and oxygen atoms in total. The molecule has 4 aliphatic rings. The molecule has 1 amide bonds. The van der Waals surface area contributed by atoms with Crippen LogP contribution in [0.5, 0.6) is 11.5 Å². The van der Waals surface area contributed by atoms with Crippen LogP contribution in [0.4, 0.5) is 5.69 Å². The zero-order chi connectivity index (χ0) is 43.1. The van der Waals surface area contributed by atoms with E-state index in [9.17, 15) is 23.3 Å². The van der Waals surface area contributed by atoms with E-state index < -0.39 is 42.1 Å². The van der Waals surface area contributed by atoms with Crippen LogP contribution in [-0.2, 0) is 14.6 Å². The lowest BCUT2D eigenvalue weighted by Crippen LogP contribution is -2.60. The number of carbonyl (C=O) groups excluding carboxylic acids is 1. The second-order valence-electron chi connectivity index (χ2n) is 17.6. The Hall–Kier alpha value is -5.15. The Morgan fingerprint density at radius 1 is 0.984 bits per heavy atom. The smallest absolute Gasteiger partial charge is 0.312 e. The zero-order valence-corrected chi connectivity index (χ0v) is 36.4. The number of rotatable bonds is 12. The predicted octanol–water partition coefficient (Wildman–Crippen LogP) is 7.38. The molecule has 3 N–H and O–H groups in total. The number of nitro benzene ring substituents is 1. The Balaban J connectivity index is 1.08. The molecule has 3 aromatic carbocycles. The highest BCUT2D eigenvalue weighted by atomic mass is 35.5. The van der Waals surface area contributed by atoms with Crippen molar-refractivity contribution in [3.05, 3.63) is 123 Å². The van der Waals surface area contributed by atoms with Crippen LogP contribution in [0.1, 0.15) is 51.5 Å². The number of benzene rings is 3. The van der Waals surface area contributed by atoms with E-state index in [1.54, 1.807) is 36.5 Å². The summed E-state index contributed by atoms with van der Waals surface area (Å²) < 4.78 is 40.0. The van der Waals surface area contributed by atoms with Gasteiger partial charge in [0.2, 0.25) is 20.5 Å². The maximum Gasteiger partial charge on any atom is 0.312 e. The van der Waals surface area contributed by atoms with Gasteiger partial charge < -0.3 is 30.0 Å². The monoisotopic (exact) mass is 868 g/mol. The molecule has 2 fully saturated rings. The van der Waals surface area contributed by atoms with E-state index in [1.807, 2.05) is 25.2 Å². The summed E-state index contributed by atoms with van der Waals surface area (Å²) >= 11 is 6.25. The molecule has 0 bridgehead atoms. The number of fused-ring (bicyclic) bond motifs is 1. The van der Waals surface area contributed by atoms with Gasteiger partial charge in [-0.25, -0.2) is 8.42 Å². The number of hydrogen-bond acceptors (Lipinski definition) is 10. The third-order valence-electron chi connectivity index (χ3n) is 12.8. The number of sulfone groups is 1. The van der Waals surface area contributed by atoms with Gasteiger partial charge >= 0.3 is 5.69 Å². The Morgan fingerprint density at radius 3 is 2.43 bits per heavy atom. The number of piperidine rings is 1. The molecule has 15 heteroatoms. The molecule has 4 aromatic rings. The lowest BCUT2D eigenvalue weighted by Gasteiger charge is -2.42. The SMILES string of the molecule is CN1CCC(Oc2ccc(S(=O)(=O)C3(C(N)=O)C=CC(N4CCN(CC5=C(c6ccc(Cl)cc6)CC(C)(C)CC5)CC4)=CC3Oc3ccc4[nH]ccc4c3)cc2[N+](=O)[O-])CC1. The van der Waals surface area contributed by atoms with Crippen molar-refractivity contribution in [2.45, 2.75) is 67.8 Å². The second kappa shape index (κ2) is 17.0. The van der Waals surface area contributed by atoms with Gasteiger partial charge in [-0.2, -0.15) is 0 Å². The van der Waals surface area contributed by atoms with Gasteiger partial charge in [0.25, 0.3) is 0 Å². The summed E-state index contributed by atoms with van der Waals surface area (Å²) in [7, 11) is -2.80. The van der Waals surface area contributed by atoms with Crippen LogP contribution < -0.4 is 15.2 Å². The van der Waals surface area contributed by atoms with Crippen molar-refractivity contribution in [2.75, 3.05) is 52.9 Å². The summed E-state index contributed by atoms with van der Waals surface area (Å²) in [5, 5.41) is 13.9. The molecule has 2 atom stereocenters. The van der Waals surface area contributed by atoms with Gasteiger partial charge in [0.05, 0.1) is 9.82 Å². The fraction of sp³-hybridized carbons (Fsp3) is 0.413. The number of piperazine rings is 1. The number of allylic oxidation sites excluding steroid dienone is 2. The number of nitrogens with one attached hydrogen (secondary N) is 1. The number of primary amides is 1. The normalized spacial score (nSPS) is 22.9. The van der Waals surface area contributed by atoms with Crippen LogP contribution in [0.15, 0.2) is 107 Å². The lowest BCUT2D eigenvalue weighted by molar-refractivity contribution is -0.386. The van der Waals surface area contributed by atoms with Gasteiger partial charge in [-0.1, -0.05) is 43.2 Å². The molecule has 2 aliphatic carbocycles. The summed E-state index contributed by atoms with van der Waals surface area (Å²) in [5.74, 6) is -0.891. The van der Waals surface area contributed by atoms with Crippen molar-refractivity contribution in [3.8, 4) is 11.5 Å². The molecule has 3 heterocycles. The summed E-state index contributed by atoms with van der Waals surface area (Å²) in [5.41, 5.74) is 11.4. The molecule has 8 rings (SSSR count). The Kier molecular flexibility index (Phi) is 11.8. The zero-order valence-electron chi connectivity index (χ0n) is 34.8. The summed E-state index contributed by atoms with van der Waals surface area (Å²) in [6.07, 6.45) is 9.12. The first-order chi connectivity index (χ1) is 29.1. The molecule has 2 aliphatic heterocycles. The van der Waals surface area contributed by atoms with Crippen LogP contribution in [0.2, 0.25) is 5.02 Å². The second-order valence-corrected chi connectivity index (χ2v) is 20.1. The van der Waals surface area contributed by atoms with Crippen molar-refractivity contribution < 1.29 is 27.6 Å². The quantitative estimate of drug-likeness (QED) is 0.108. The first kappa shape index (κ1) is 42.5. The molecule has 61 heavy (non-hydrogen) atoms. The van der Waals surface area contributed by atoms with Crippen molar-refractivity contribution in [1.82, 2.24) is 19.7 Å². The minimum absolute atomic E-state index is 0.0374. The van der Waals surface area contributed by atoms with E-state index in [1.165, 1.54) is 34.9 Å². The Bertz CT molecular complexity index is 2520. The summed E-state index contributed by atoms with van der Waals surface area (Å²) in [6.45, 7) is 9.85. The maximum absolute atomic E-state index is 15.0. The van der Waals surface area contributed by atoms with Crippen LogP contribution >= 0.6 is 11.6 Å². The number of aromatic nitrogens is 1. The molecule has 2 unspecified atom stereocenters. The van der Waals surface area contributed by atoms with Gasteiger partial charge in [0.1, 0.15) is 11.9 Å². The minimum Gasteiger partial charge on any atom is -0.484 e. The van der Waals surface area contributed by atoms with Gasteiger partial charge in [-0.15, -0.1) is 0 Å². The first-order valence-corrected chi connectivity index (χ1v) is 22.8. The Labute approximate surface area is 361 Å². The standard InChI is InChI=1S/C46H53ClN6O7S/c1-45(2)17-12-33(39(29-45)31-4-6-34(47)7-5-31)30-51-22-24-52(25-23-51)35-13-18-46(44(48)54,43(27-35)60-37-8-10-40-32(26-37)14-19-49-40)61(57,58)38-9-11-42(41(28-38)53(55)56)59-36-15-20-50(3)21-16-36/h4-11,13-14,18-19,26-28,36,43,49H,12,15-17,20-25,29-30H2,1-3H3,(H2,48,54). The number of hydrogen-bond donors (Lipinski definition) is 2. The number of nitro groups is 1. The number of nitrogens with zero attached hydrogens (tertiary/aromatic N) is 4. The number of ether oxygens (including phenoxy) is 2. The van der Waals surface area contributed by atoms with Crippen molar-refractivity contribution in [3.63, 3.8) is 0 Å². The molecule has 0 spiro atoms. The molecular weight excluding hydrogens is 816 g/mol. The highest BCUT2D eigenvalue weighted by Gasteiger charge is 2.57. The van der Waals surface area contributed by atoms with E-state index in [2.05, 4.69) is 45.7 Å².